The highest BCUT2D eigenvalue weighted by molar-refractivity contribution is 9.10. The zero-order chi connectivity index (χ0) is 18.4. The van der Waals surface area contributed by atoms with Crippen molar-refractivity contribution in [1.82, 2.24) is 5.32 Å². The molecule has 0 aliphatic heterocycles. The highest BCUT2D eigenvalue weighted by atomic mass is 79.9. The number of rotatable bonds is 4. The Morgan fingerprint density at radius 2 is 1.64 bits per heavy atom. The van der Waals surface area contributed by atoms with Crippen molar-refractivity contribution in [1.29, 1.82) is 0 Å². The third-order valence-corrected chi connectivity index (χ3v) is 4.47. The standard InChI is InChI=1S/C18H18BrN3O2S/c1-3-16(23)20-13-6-8-14(9-7-13)21-18(25)22-17(24)12-5-4-11(2)15(19)10-12/h4-10H,3H2,1-2H3,(H,20,23)(H2,21,22,24,25). The summed E-state index contributed by atoms with van der Waals surface area (Å²) in [4.78, 5) is 23.6. The van der Waals surface area contributed by atoms with Crippen LogP contribution in [0.3, 0.4) is 0 Å². The SMILES string of the molecule is CCC(=O)Nc1ccc(NC(=S)NC(=O)c2ccc(C)c(Br)c2)cc1. The van der Waals surface area contributed by atoms with Gasteiger partial charge in [0.1, 0.15) is 0 Å². The molecule has 25 heavy (non-hydrogen) atoms. The summed E-state index contributed by atoms with van der Waals surface area (Å²) >= 11 is 8.57. The number of anilines is 2. The fourth-order valence-electron chi connectivity index (χ4n) is 1.96. The van der Waals surface area contributed by atoms with Crippen LogP contribution in [-0.2, 0) is 4.79 Å². The van der Waals surface area contributed by atoms with Crippen LogP contribution in [0.4, 0.5) is 11.4 Å². The summed E-state index contributed by atoms with van der Waals surface area (Å²) in [6, 6.07) is 12.4. The van der Waals surface area contributed by atoms with E-state index in [1.54, 1.807) is 43.3 Å². The van der Waals surface area contributed by atoms with Crippen molar-refractivity contribution in [3.8, 4) is 0 Å². The monoisotopic (exact) mass is 419 g/mol. The molecular weight excluding hydrogens is 402 g/mol. The van der Waals surface area contributed by atoms with E-state index in [1.807, 2.05) is 13.0 Å². The summed E-state index contributed by atoms with van der Waals surface area (Å²) in [6.07, 6.45) is 0.422. The Bertz CT molecular complexity index is 806. The fourth-order valence-corrected chi connectivity index (χ4v) is 2.55. The Kier molecular flexibility index (Phi) is 6.66. The van der Waals surface area contributed by atoms with Gasteiger partial charge in [0.15, 0.2) is 5.11 Å². The molecule has 0 saturated heterocycles. The molecule has 3 N–H and O–H groups in total. The fraction of sp³-hybridized carbons (Fsp3) is 0.167. The van der Waals surface area contributed by atoms with E-state index in [0.717, 1.165) is 10.0 Å². The number of carbonyl (C=O) groups excluding carboxylic acids is 2. The Morgan fingerprint density at radius 3 is 2.20 bits per heavy atom. The van der Waals surface area contributed by atoms with Gasteiger partial charge in [-0.2, -0.15) is 0 Å². The summed E-state index contributed by atoms with van der Waals surface area (Å²) in [7, 11) is 0. The van der Waals surface area contributed by atoms with Crippen molar-refractivity contribution in [2.45, 2.75) is 20.3 Å². The van der Waals surface area contributed by atoms with E-state index in [9.17, 15) is 9.59 Å². The van der Waals surface area contributed by atoms with Crippen LogP contribution in [0.15, 0.2) is 46.9 Å². The van der Waals surface area contributed by atoms with Gasteiger partial charge in [0, 0.05) is 27.8 Å². The zero-order valence-corrected chi connectivity index (χ0v) is 16.3. The molecule has 0 radical (unpaired) electrons. The summed E-state index contributed by atoms with van der Waals surface area (Å²) in [5.41, 5.74) is 2.98. The molecule has 2 aromatic carbocycles. The van der Waals surface area contributed by atoms with E-state index < -0.39 is 0 Å². The van der Waals surface area contributed by atoms with Crippen molar-refractivity contribution < 1.29 is 9.59 Å². The number of aryl methyl sites for hydroxylation is 1. The molecular formula is C18H18BrN3O2S. The molecule has 0 aliphatic rings. The quantitative estimate of drug-likeness (QED) is 0.648. The lowest BCUT2D eigenvalue weighted by molar-refractivity contribution is -0.115. The maximum atomic E-state index is 12.2. The van der Waals surface area contributed by atoms with Gasteiger partial charge in [0.2, 0.25) is 5.91 Å². The molecule has 0 bridgehead atoms. The van der Waals surface area contributed by atoms with Crippen LogP contribution >= 0.6 is 28.1 Å². The number of hydrogen-bond acceptors (Lipinski definition) is 3. The van der Waals surface area contributed by atoms with Crippen molar-refractivity contribution in [3.05, 3.63) is 58.1 Å². The van der Waals surface area contributed by atoms with Gasteiger partial charge in [-0.15, -0.1) is 0 Å². The second kappa shape index (κ2) is 8.73. The summed E-state index contributed by atoms with van der Waals surface area (Å²) in [6.45, 7) is 3.74. The minimum Gasteiger partial charge on any atom is -0.332 e. The number of carbonyl (C=O) groups is 2. The van der Waals surface area contributed by atoms with Crippen LogP contribution in [0.2, 0.25) is 0 Å². The number of benzene rings is 2. The molecule has 0 aromatic heterocycles. The first-order valence-corrected chi connectivity index (χ1v) is 8.87. The highest BCUT2D eigenvalue weighted by Gasteiger charge is 2.09. The number of thiocarbonyl (C=S) groups is 1. The van der Waals surface area contributed by atoms with Crippen molar-refractivity contribution in [2.24, 2.45) is 0 Å². The Morgan fingerprint density at radius 1 is 1.04 bits per heavy atom. The molecule has 5 nitrogen and oxygen atoms in total. The topological polar surface area (TPSA) is 70.2 Å². The van der Waals surface area contributed by atoms with Crippen LogP contribution < -0.4 is 16.0 Å². The second-order valence-electron chi connectivity index (χ2n) is 5.35. The molecule has 0 fully saturated rings. The number of hydrogen-bond donors (Lipinski definition) is 3. The van der Waals surface area contributed by atoms with Gasteiger partial charge >= 0.3 is 0 Å². The lowest BCUT2D eigenvalue weighted by Gasteiger charge is -2.11. The van der Waals surface area contributed by atoms with Crippen LogP contribution in [0.5, 0.6) is 0 Å². The van der Waals surface area contributed by atoms with Crippen LogP contribution in [0, 0.1) is 6.92 Å². The lowest BCUT2D eigenvalue weighted by Crippen LogP contribution is -2.34. The van der Waals surface area contributed by atoms with Crippen LogP contribution in [0.1, 0.15) is 29.3 Å². The molecule has 0 saturated carbocycles. The van der Waals surface area contributed by atoms with E-state index in [0.29, 0.717) is 23.4 Å². The first kappa shape index (κ1) is 19.1. The molecule has 130 valence electrons. The van der Waals surface area contributed by atoms with Gasteiger partial charge in [0.05, 0.1) is 0 Å². The Hall–Kier alpha value is -2.25. The molecule has 0 atom stereocenters. The van der Waals surface area contributed by atoms with E-state index in [-0.39, 0.29) is 16.9 Å². The average molecular weight is 420 g/mol. The van der Waals surface area contributed by atoms with Gasteiger partial charge in [-0.1, -0.05) is 28.9 Å². The van der Waals surface area contributed by atoms with Gasteiger partial charge in [0.25, 0.3) is 5.91 Å². The second-order valence-corrected chi connectivity index (χ2v) is 6.61. The Labute approximate surface area is 160 Å². The third kappa shape index (κ3) is 5.65. The highest BCUT2D eigenvalue weighted by Crippen LogP contribution is 2.17. The first-order valence-electron chi connectivity index (χ1n) is 7.67. The molecule has 2 amide bonds. The molecule has 0 unspecified atom stereocenters. The maximum absolute atomic E-state index is 12.2. The van der Waals surface area contributed by atoms with Crippen molar-refractivity contribution in [2.75, 3.05) is 10.6 Å². The smallest absolute Gasteiger partial charge is 0.257 e. The van der Waals surface area contributed by atoms with Gasteiger partial charge < -0.3 is 10.6 Å². The van der Waals surface area contributed by atoms with E-state index >= 15 is 0 Å². The minimum absolute atomic E-state index is 0.0484. The normalized spacial score (nSPS) is 10.0. The predicted molar refractivity (Wildman–Crippen MR) is 108 cm³/mol. The molecule has 2 rings (SSSR count). The minimum atomic E-state index is -0.287. The average Bonchev–Trinajstić information content (AvgIpc) is 2.58. The van der Waals surface area contributed by atoms with Crippen molar-refractivity contribution >= 4 is 56.4 Å². The van der Waals surface area contributed by atoms with Gasteiger partial charge in [-0.05, 0) is 61.1 Å². The predicted octanol–water partition coefficient (Wildman–Crippen LogP) is 4.23. The molecule has 0 spiro atoms. The Balaban J connectivity index is 1.94. The maximum Gasteiger partial charge on any atom is 0.257 e. The molecule has 2 aromatic rings. The first-order chi connectivity index (χ1) is 11.9. The van der Waals surface area contributed by atoms with Gasteiger partial charge in [-0.3, -0.25) is 14.9 Å². The van der Waals surface area contributed by atoms with E-state index in [2.05, 4.69) is 31.9 Å². The summed E-state index contributed by atoms with van der Waals surface area (Å²) in [5, 5.41) is 8.54. The molecule has 0 aliphatic carbocycles. The van der Waals surface area contributed by atoms with Gasteiger partial charge in [-0.25, -0.2) is 0 Å². The van der Waals surface area contributed by atoms with Crippen LogP contribution in [-0.4, -0.2) is 16.9 Å². The van der Waals surface area contributed by atoms with E-state index in [1.165, 1.54) is 0 Å². The molecule has 7 heteroatoms. The van der Waals surface area contributed by atoms with E-state index in [4.69, 9.17) is 12.2 Å². The summed E-state index contributed by atoms with van der Waals surface area (Å²) < 4.78 is 0.865. The zero-order valence-electron chi connectivity index (χ0n) is 13.9. The number of halogens is 1. The number of nitrogens with one attached hydrogen (secondary N) is 3. The third-order valence-electron chi connectivity index (χ3n) is 3.41. The lowest BCUT2D eigenvalue weighted by atomic mass is 10.1. The van der Waals surface area contributed by atoms with Crippen molar-refractivity contribution in [3.63, 3.8) is 0 Å². The number of amides is 2. The largest absolute Gasteiger partial charge is 0.332 e. The molecule has 0 heterocycles. The van der Waals surface area contributed by atoms with Crippen LogP contribution in [0.25, 0.3) is 0 Å². The summed E-state index contributed by atoms with van der Waals surface area (Å²) in [5.74, 6) is -0.335.